The minimum Gasteiger partial charge on any atom is -0.369 e. The van der Waals surface area contributed by atoms with Crippen molar-refractivity contribution in [3.05, 3.63) is 35.0 Å². The second kappa shape index (κ2) is 4.41. The molecule has 0 saturated carbocycles. The lowest BCUT2D eigenvalue weighted by Gasteiger charge is -2.20. The zero-order valence-corrected chi connectivity index (χ0v) is 12.7. The van der Waals surface area contributed by atoms with Crippen molar-refractivity contribution in [2.75, 3.05) is 5.73 Å². The largest absolute Gasteiger partial charge is 0.369 e. The first-order chi connectivity index (χ1) is 8.71. The van der Waals surface area contributed by atoms with Gasteiger partial charge in [-0.15, -0.1) is 0 Å². The maximum Gasteiger partial charge on any atom is 0.200 e. The Morgan fingerprint density at radius 2 is 1.79 bits per heavy atom. The number of benzene rings is 1. The third kappa shape index (κ3) is 2.37. The third-order valence-electron chi connectivity index (χ3n) is 3.77. The molecule has 1 heterocycles. The maximum absolute atomic E-state index is 5.90. The average molecular weight is 257 g/mol. The number of hydrogen-bond donors (Lipinski definition) is 1. The quantitative estimate of drug-likeness (QED) is 0.848. The first-order valence-corrected chi connectivity index (χ1v) is 6.62. The van der Waals surface area contributed by atoms with Crippen molar-refractivity contribution in [3.8, 4) is 11.3 Å². The Morgan fingerprint density at radius 1 is 1.16 bits per heavy atom. The molecule has 0 aliphatic heterocycles. The number of anilines is 1. The van der Waals surface area contributed by atoms with Crippen molar-refractivity contribution in [1.82, 2.24) is 9.55 Å². The SMILES string of the molecule is Cc1ccc(C(C)(C)C)cc1-c1nc(N)n(C)c1C. The minimum atomic E-state index is 0.136. The van der Waals surface area contributed by atoms with Crippen LogP contribution < -0.4 is 5.73 Å². The first-order valence-electron chi connectivity index (χ1n) is 6.62. The van der Waals surface area contributed by atoms with Crippen LogP contribution in [0.3, 0.4) is 0 Å². The first kappa shape index (κ1) is 13.7. The minimum absolute atomic E-state index is 0.136. The fraction of sp³-hybridized carbons (Fsp3) is 0.438. The van der Waals surface area contributed by atoms with Crippen LogP contribution in [0.1, 0.15) is 37.6 Å². The van der Waals surface area contributed by atoms with Gasteiger partial charge in [-0.1, -0.05) is 32.9 Å². The van der Waals surface area contributed by atoms with Crippen molar-refractivity contribution in [1.29, 1.82) is 0 Å². The van der Waals surface area contributed by atoms with Crippen molar-refractivity contribution < 1.29 is 0 Å². The van der Waals surface area contributed by atoms with Crippen LogP contribution in [0.15, 0.2) is 18.2 Å². The zero-order chi connectivity index (χ0) is 14.4. The summed E-state index contributed by atoms with van der Waals surface area (Å²) in [6, 6.07) is 6.60. The van der Waals surface area contributed by atoms with Gasteiger partial charge in [-0.3, -0.25) is 0 Å². The number of nitrogens with zero attached hydrogens (tertiary/aromatic N) is 2. The van der Waals surface area contributed by atoms with E-state index in [0.717, 1.165) is 11.4 Å². The van der Waals surface area contributed by atoms with Crippen molar-refractivity contribution in [3.63, 3.8) is 0 Å². The Labute approximate surface area is 115 Å². The summed E-state index contributed by atoms with van der Waals surface area (Å²) in [5.41, 5.74) is 11.9. The molecule has 0 unspecified atom stereocenters. The van der Waals surface area contributed by atoms with E-state index in [1.165, 1.54) is 16.7 Å². The van der Waals surface area contributed by atoms with Gasteiger partial charge in [0.2, 0.25) is 5.95 Å². The highest BCUT2D eigenvalue weighted by molar-refractivity contribution is 5.68. The van der Waals surface area contributed by atoms with E-state index < -0.39 is 0 Å². The number of hydrogen-bond acceptors (Lipinski definition) is 2. The van der Waals surface area contributed by atoms with Gasteiger partial charge in [0.25, 0.3) is 0 Å². The molecule has 0 atom stereocenters. The predicted molar refractivity (Wildman–Crippen MR) is 81.2 cm³/mol. The highest BCUT2D eigenvalue weighted by atomic mass is 15.1. The number of nitrogen functional groups attached to an aromatic ring is 1. The summed E-state index contributed by atoms with van der Waals surface area (Å²) < 4.78 is 1.93. The fourth-order valence-corrected chi connectivity index (χ4v) is 2.20. The van der Waals surface area contributed by atoms with E-state index in [1.54, 1.807) is 0 Å². The van der Waals surface area contributed by atoms with E-state index in [0.29, 0.717) is 5.95 Å². The molecular formula is C16H23N3. The van der Waals surface area contributed by atoms with Gasteiger partial charge in [0, 0.05) is 18.3 Å². The van der Waals surface area contributed by atoms with E-state index >= 15 is 0 Å². The Balaban J connectivity index is 2.65. The zero-order valence-electron chi connectivity index (χ0n) is 12.7. The Hall–Kier alpha value is -1.77. The number of aryl methyl sites for hydroxylation is 1. The van der Waals surface area contributed by atoms with Crippen LogP contribution in [0.25, 0.3) is 11.3 Å². The maximum atomic E-state index is 5.90. The van der Waals surface area contributed by atoms with Gasteiger partial charge in [-0.05, 0) is 36.5 Å². The lowest BCUT2D eigenvalue weighted by molar-refractivity contribution is 0.590. The van der Waals surface area contributed by atoms with Crippen LogP contribution in [-0.2, 0) is 12.5 Å². The summed E-state index contributed by atoms with van der Waals surface area (Å²) in [5, 5.41) is 0. The molecule has 0 radical (unpaired) electrons. The molecule has 1 aromatic carbocycles. The van der Waals surface area contributed by atoms with Gasteiger partial charge in [0.05, 0.1) is 5.69 Å². The molecule has 3 heteroatoms. The van der Waals surface area contributed by atoms with E-state index in [1.807, 2.05) is 11.6 Å². The van der Waals surface area contributed by atoms with Crippen LogP contribution in [0.5, 0.6) is 0 Å². The Kier molecular flexibility index (Phi) is 3.17. The Bertz CT molecular complexity index is 616. The van der Waals surface area contributed by atoms with Crippen LogP contribution in [0, 0.1) is 13.8 Å². The molecule has 0 saturated heterocycles. The molecule has 2 aromatic rings. The van der Waals surface area contributed by atoms with Gasteiger partial charge in [0.1, 0.15) is 0 Å². The second-order valence-electron chi connectivity index (χ2n) is 6.24. The molecule has 3 nitrogen and oxygen atoms in total. The van der Waals surface area contributed by atoms with Crippen LogP contribution in [-0.4, -0.2) is 9.55 Å². The topological polar surface area (TPSA) is 43.8 Å². The van der Waals surface area contributed by atoms with Crippen molar-refractivity contribution in [2.45, 2.75) is 40.0 Å². The molecule has 0 spiro atoms. The summed E-state index contributed by atoms with van der Waals surface area (Å²) in [6.07, 6.45) is 0. The lowest BCUT2D eigenvalue weighted by atomic mass is 9.85. The van der Waals surface area contributed by atoms with Gasteiger partial charge in [0.15, 0.2) is 0 Å². The Morgan fingerprint density at radius 3 is 2.26 bits per heavy atom. The lowest BCUT2D eigenvalue weighted by Crippen LogP contribution is -2.11. The molecule has 102 valence electrons. The summed E-state index contributed by atoms with van der Waals surface area (Å²) >= 11 is 0. The summed E-state index contributed by atoms with van der Waals surface area (Å²) in [6.45, 7) is 10.8. The molecule has 0 amide bonds. The number of imidazole rings is 1. The number of rotatable bonds is 1. The monoisotopic (exact) mass is 257 g/mol. The molecule has 0 fully saturated rings. The molecule has 2 rings (SSSR count). The predicted octanol–water partition coefficient (Wildman–Crippen LogP) is 3.58. The molecule has 1 aromatic heterocycles. The molecule has 0 bridgehead atoms. The molecule has 0 aliphatic carbocycles. The summed E-state index contributed by atoms with van der Waals surface area (Å²) in [4.78, 5) is 4.50. The molecule has 0 aliphatic rings. The third-order valence-corrected chi connectivity index (χ3v) is 3.77. The smallest absolute Gasteiger partial charge is 0.200 e. The standard InChI is InChI=1S/C16H23N3/c1-10-7-8-12(16(3,4)5)9-13(10)14-11(2)19(6)15(17)18-14/h7-9H,1-6H3,(H2,17,18). The molecule has 19 heavy (non-hydrogen) atoms. The van der Waals surface area contributed by atoms with Crippen LogP contribution in [0.4, 0.5) is 5.95 Å². The summed E-state index contributed by atoms with van der Waals surface area (Å²) in [7, 11) is 1.95. The van der Waals surface area contributed by atoms with Gasteiger partial charge >= 0.3 is 0 Å². The number of aromatic nitrogens is 2. The van der Waals surface area contributed by atoms with Crippen LogP contribution in [0.2, 0.25) is 0 Å². The normalized spacial score (nSPS) is 11.9. The summed E-state index contributed by atoms with van der Waals surface area (Å²) in [5.74, 6) is 0.563. The second-order valence-corrected chi connectivity index (χ2v) is 6.24. The van der Waals surface area contributed by atoms with E-state index in [9.17, 15) is 0 Å². The van der Waals surface area contributed by atoms with Crippen molar-refractivity contribution >= 4 is 5.95 Å². The highest BCUT2D eigenvalue weighted by Gasteiger charge is 2.18. The van der Waals surface area contributed by atoms with Crippen LogP contribution >= 0.6 is 0 Å². The van der Waals surface area contributed by atoms with Crippen molar-refractivity contribution in [2.24, 2.45) is 7.05 Å². The molecule has 2 N–H and O–H groups in total. The average Bonchev–Trinajstić information content (AvgIpc) is 2.56. The van der Waals surface area contributed by atoms with Gasteiger partial charge in [-0.25, -0.2) is 4.98 Å². The van der Waals surface area contributed by atoms with E-state index in [2.05, 4.69) is 57.8 Å². The van der Waals surface area contributed by atoms with Gasteiger partial charge in [-0.2, -0.15) is 0 Å². The van der Waals surface area contributed by atoms with E-state index in [4.69, 9.17) is 5.73 Å². The molecular weight excluding hydrogens is 234 g/mol. The van der Waals surface area contributed by atoms with Gasteiger partial charge < -0.3 is 10.3 Å². The highest BCUT2D eigenvalue weighted by Crippen LogP contribution is 2.31. The fourth-order valence-electron chi connectivity index (χ4n) is 2.20. The van der Waals surface area contributed by atoms with E-state index in [-0.39, 0.29) is 5.41 Å². The number of nitrogens with two attached hydrogens (primary N) is 1.